The van der Waals surface area contributed by atoms with E-state index in [1.165, 1.54) is 17.7 Å². The van der Waals surface area contributed by atoms with E-state index in [0.29, 0.717) is 0 Å². The highest BCUT2D eigenvalue weighted by molar-refractivity contribution is 7.99. The van der Waals surface area contributed by atoms with E-state index in [4.69, 9.17) is 0 Å². The normalized spacial score (nSPS) is 23.7. The predicted molar refractivity (Wildman–Crippen MR) is 84.1 cm³/mol. The van der Waals surface area contributed by atoms with Gasteiger partial charge in [0.1, 0.15) is 5.54 Å². The maximum Gasteiger partial charge on any atom is 0.229 e. The van der Waals surface area contributed by atoms with Gasteiger partial charge in [-0.25, -0.2) is 0 Å². The van der Waals surface area contributed by atoms with E-state index in [1.54, 1.807) is 11.8 Å². The van der Waals surface area contributed by atoms with Gasteiger partial charge in [-0.2, -0.15) is 5.26 Å². The average molecular weight is 300 g/mol. The lowest BCUT2D eigenvalue weighted by molar-refractivity contribution is -0.123. The van der Waals surface area contributed by atoms with Crippen LogP contribution in [0.15, 0.2) is 29.2 Å². The molecule has 0 radical (unpaired) electrons. The molecular formula is C17H20N2OS. The lowest BCUT2D eigenvalue weighted by atomic mass is 9.90. The number of nitrogens with zero attached hydrogens (tertiary/aromatic N) is 1. The van der Waals surface area contributed by atoms with E-state index in [2.05, 4.69) is 17.5 Å². The summed E-state index contributed by atoms with van der Waals surface area (Å²) in [5.74, 6) is 0.697. The first-order valence-corrected chi connectivity index (χ1v) is 8.68. The second-order valence-electron chi connectivity index (χ2n) is 6.00. The third-order valence-electron chi connectivity index (χ3n) is 4.55. The van der Waals surface area contributed by atoms with Gasteiger partial charge in [-0.15, -0.1) is 11.8 Å². The van der Waals surface area contributed by atoms with Crippen LogP contribution in [-0.2, 0) is 4.79 Å². The molecule has 0 spiro atoms. The van der Waals surface area contributed by atoms with Crippen LogP contribution in [0.25, 0.3) is 0 Å². The van der Waals surface area contributed by atoms with Crippen molar-refractivity contribution in [2.24, 2.45) is 0 Å². The van der Waals surface area contributed by atoms with Gasteiger partial charge in [-0.1, -0.05) is 43.9 Å². The van der Waals surface area contributed by atoms with Gasteiger partial charge in [0.15, 0.2) is 0 Å². The SMILES string of the molecule is N#CC1(NC(=O)C2CSc3ccccc32)CCCCCC1. The smallest absolute Gasteiger partial charge is 0.229 e. The van der Waals surface area contributed by atoms with Gasteiger partial charge in [-0.3, -0.25) is 4.79 Å². The lowest BCUT2D eigenvalue weighted by Gasteiger charge is -2.28. The quantitative estimate of drug-likeness (QED) is 0.849. The standard InChI is InChI=1S/C17H20N2OS/c18-12-17(9-5-1-2-6-10-17)19-16(20)14-11-21-15-8-4-3-7-13(14)15/h3-4,7-8,14H,1-2,5-6,9-11H2,(H,19,20). The summed E-state index contributed by atoms with van der Waals surface area (Å²) in [5.41, 5.74) is 0.470. The fraction of sp³-hybridized carbons (Fsp3) is 0.529. The molecule has 3 nitrogen and oxygen atoms in total. The Balaban J connectivity index is 1.76. The zero-order valence-electron chi connectivity index (χ0n) is 12.1. The van der Waals surface area contributed by atoms with Crippen molar-refractivity contribution >= 4 is 17.7 Å². The van der Waals surface area contributed by atoms with Crippen molar-refractivity contribution in [1.82, 2.24) is 5.32 Å². The first-order chi connectivity index (χ1) is 10.2. The highest BCUT2D eigenvalue weighted by Crippen LogP contribution is 2.40. The van der Waals surface area contributed by atoms with Crippen LogP contribution in [0.5, 0.6) is 0 Å². The molecule has 1 fully saturated rings. The molecule has 2 aliphatic rings. The Morgan fingerprint density at radius 3 is 2.67 bits per heavy atom. The Morgan fingerprint density at radius 1 is 1.24 bits per heavy atom. The first kappa shape index (κ1) is 14.5. The molecule has 1 aliphatic heterocycles. The lowest BCUT2D eigenvalue weighted by Crippen LogP contribution is -2.48. The summed E-state index contributed by atoms with van der Waals surface area (Å²) in [7, 11) is 0. The summed E-state index contributed by atoms with van der Waals surface area (Å²) in [6, 6.07) is 10.5. The van der Waals surface area contributed by atoms with Crippen molar-refractivity contribution in [3.05, 3.63) is 29.8 Å². The van der Waals surface area contributed by atoms with Crippen LogP contribution >= 0.6 is 11.8 Å². The molecule has 0 saturated heterocycles. The fourth-order valence-electron chi connectivity index (χ4n) is 3.30. The summed E-state index contributed by atoms with van der Waals surface area (Å²) < 4.78 is 0. The van der Waals surface area contributed by atoms with Gasteiger partial charge in [0.25, 0.3) is 0 Å². The maximum atomic E-state index is 12.7. The highest BCUT2D eigenvalue weighted by atomic mass is 32.2. The van der Waals surface area contributed by atoms with Crippen molar-refractivity contribution in [3.8, 4) is 6.07 Å². The molecule has 1 unspecified atom stereocenters. The van der Waals surface area contributed by atoms with E-state index in [1.807, 2.05) is 18.2 Å². The number of carbonyl (C=O) groups is 1. The average Bonchev–Trinajstić information content (AvgIpc) is 2.81. The molecule has 1 atom stereocenters. The van der Waals surface area contributed by atoms with Gasteiger partial charge >= 0.3 is 0 Å². The van der Waals surface area contributed by atoms with Gasteiger partial charge in [0, 0.05) is 10.6 Å². The summed E-state index contributed by atoms with van der Waals surface area (Å²) in [6.07, 6.45) is 5.98. The molecule has 0 bridgehead atoms. The van der Waals surface area contributed by atoms with Crippen molar-refractivity contribution in [2.75, 3.05) is 5.75 Å². The molecule has 3 rings (SSSR count). The molecule has 0 aromatic heterocycles. The molecule has 1 amide bonds. The van der Waals surface area contributed by atoms with Gasteiger partial charge in [0.2, 0.25) is 5.91 Å². The number of amides is 1. The Kier molecular flexibility index (Phi) is 4.21. The zero-order valence-corrected chi connectivity index (χ0v) is 12.9. The molecule has 1 aromatic carbocycles. The van der Waals surface area contributed by atoms with Crippen molar-refractivity contribution in [3.63, 3.8) is 0 Å². The number of rotatable bonds is 2. The fourth-order valence-corrected chi connectivity index (χ4v) is 4.53. The highest BCUT2D eigenvalue weighted by Gasteiger charge is 2.37. The summed E-state index contributed by atoms with van der Waals surface area (Å²) >= 11 is 1.73. The van der Waals surface area contributed by atoms with Crippen LogP contribution < -0.4 is 5.32 Å². The third-order valence-corrected chi connectivity index (χ3v) is 5.73. The molecule has 21 heavy (non-hydrogen) atoms. The maximum absolute atomic E-state index is 12.7. The second kappa shape index (κ2) is 6.11. The minimum absolute atomic E-state index is 0.0240. The number of thioether (sulfide) groups is 1. The van der Waals surface area contributed by atoms with Gasteiger partial charge < -0.3 is 5.32 Å². The third kappa shape index (κ3) is 2.94. The summed E-state index contributed by atoms with van der Waals surface area (Å²) in [5, 5.41) is 12.7. The molecule has 1 saturated carbocycles. The second-order valence-corrected chi connectivity index (χ2v) is 7.06. The molecule has 1 heterocycles. The number of benzene rings is 1. The summed E-state index contributed by atoms with van der Waals surface area (Å²) in [6.45, 7) is 0. The van der Waals surface area contributed by atoms with E-state index in [-0.39, 0.29) is 11.8 Å². The first-order valence-electron chi connectivity index (χ1n) is 7.69. The molecule has 1 aliphatic carbocycles. The molecule has 1 N–H and O–H groups in total. The zero-order chi connectivity index (χ0) is 14.7. The summed E-state index contributed by atoms with van der Waals surface area (Å²) in [4.78, 5) is 13.9. The number of carbonyl (C=O) groups excluding carboxylic acids is 1. The monoisotopic (exact) mass is 300 g/mol. The number of nitriles is 1. The van der Waals surface area contributed by atoms with Crippen LogP contribution in [0.1, 0.15) is 50.0 Å². The number of hydrogen-bond acceptors (Lipinski definition) is 3. The van der Waals surface area contributed by atoms with Crippen LogP contribution in [0.3, 0.4) is 0 Å². The Morgan fingerprint density at radius 2 is 1.95 bits per heavy atom. The number of fused-ring (bicyclic) bond motifs is 1. The molecule has 4 heteroatoms. The van der Waals surface area contributed by atoms with Crippen LogP contribution in [0.2, 0.25) is 0 Å². The minimum Gasteiger partial charge on any atom is -0.337 e. The largest absolute Gasteiger partial charge is 0.337 e. The van der Waals surface area contributed by atoms with E-state index in [9.17, 15) is 10.1 Å². The van der Waals surface area contributed by atoms with Crippen LogP contribution in [0.4, 0.5) is 0 Å². The number of nitrogens with one attached hydrogen (secondary N) is 1. The van der Waals surface area contributed by atoms with Crippen molar-refractivity contribution in [1.29, 1.82) is 5.26 Å². The van der Waals surface area contributed by atoms with Crippen molar-refractivity contribution < 1.29 is 4.79 Å². The van der Waals surface area contributed by atoms with Crippen molar-refractivity contribution in [2.45, 2.75) is 54.9 Å². The van der Waals surface area contributed by atoms with Gasteiger partial charge in [-0.05, 0) is 24.5 Å². The van der Waals surface area contributed by atoms with Gasteiger partial charge in [0.05, 0.1) is 12.0 Å². The van der Waals surface area contributed by atoms with E-state index in [0.717, 1.165) is 37.0 Å². The topological polar surface area (TPSA) is 52.9 Å². The minimum atomic E-state index is -0.643. The van der Waals surface area contributed by atoms with E-state index >= 15 is 0 Å². The molecule has 110 valence electrons. The number of hydrogen-bond donors (Lipinski definition) is 1. The Bertz CT molecular complexity index is 570. The molecule has 1 aromatic rings. The van der Waals surface area contributed by atoms with Crippen LogP contribution in [0, 0.1) is 11.3 Å². The Hall–Kier alpha value is -1.47. The Labute approximate surface area is 130 Å². The van der Waals surface area contributed by atoms with Crippen LogP contribution in [-0.4, -0.2) is 17.2 Å². The molecular weight excluding hydrogens is 280 g/mol. The predicted octanol–water partition coefficient (Wildman–Crippen LogP) is 3.61. The van der Waals surface area contributed by atoms with E-state index < -0.39 is 5.54 Å².